The smallest absolute Gasteiger partial charge is 0.418 e. The topological polar surface area (TPSA) is 109 Å². The maximum absolute atomic E-state index is 14.1. The minimum atomic E-state index is -4.75. The molecule has 3 amide bonds. The minimum absolute atomic E-state index is 0.184. The number of fused-ring (bicyclic) bond motifs is 10. The van der Waals surface area contributed by atoms with Gasteiger partial charge >= 0.3 is 11.0 Å². The minimum Gasteiger partial charge on any atom is -0.483 e. The molecule has 9 rings (SSSR count). The lowest BCUT2D eigenvalue weighted by atomic mass is 9.68. The first-order valence-corrected chi connectivity index (χ1v) is 18.2. The molecule has 5 aromatic rings. The first kappa shape index (κ1) is 32.1. The highest BCUT2D eigenvalue weighted by atomic mass is 32.2. The number of hydrogen-bond donors (Lipinski definition) is 2. The predicted octanol–water partition coefficient (Wildman–Crippen LogP) is 7.30. The molecule has 4 aromatic carbocycles. The highest BCUT2D eigenvalue weighted by Crippen LogP contribution is 2.69. The quantitative estimate of drug-likeness (QED) is 0.178. The molecular formula is C38H28F3N3O5S2. The Morgan fingerprint density at radius 1 is 0.882 bits per heavy atom. The maximum atomic E-state index is 14.1. The highest BCUT2D eigenvalue weighted by molar-refractivity contribution is 8.00. The summed E-state index contributed by atoms with van der Waals surface area (Å²) >= 11 is 2.56. The zero-order chi connectivity index (χ0) is 35.2. The van der Waals surface area contributed by atoms with Crippen molar-refractivity contribution in [2.45, 2.75) is 28.8 Å². The maximum Gasteiger partial charge on any atom is 0.418 e. The van der Waals surface area contributed by atoms with Crippen LogP contribution in [0.25, 0.3) is 10.8 Å². The Kier molecular flexibility index (Phi) is 7.44. The molecule has 4 aliphatic rings. The zero-order valence-electron chi connectivity index (χ0n) is 26.6. The molecule has 2 N–H and O–H groups in total. The first-order valence-electron chi connectivity index (χ1n) is 16.5. The van der Waals surface area contributed by atoms with Crippen molar-refractivity contribution in [2.75, 3.05) is 16.8 Å². The third-order valence-corrected chi connectivity index (χ3v) is 13.4. The van der Waals surface area contributed by atoms with E-state index >= 15 is 0 Å². The van der Waals surface area contributed by atoms with Crippen LogP contribution in [-0.2, 0) is 20.6 Å². The summed E-state index contributed by atoms with van der Waals surface area (Å²) in [5, 5.41) is 5.31. The van der Waals surface area contributed by atoms with E-state index in [9.17, 15) is 32.3 Å². The molecule has 1 aromatic heterocycles. The molecule has 0 spiro atoms. The summed E-state index contributed by atoms with van der Waals surface area (Å²) < 4.78 is 48.3. The lowest BCUT2D eigenvalue weighted by Crippen LogP contribution is -2.42. The van der Waals surface area contributed by atoms with E-state index in [0.717, 1.165) is 43.5 Å². The van der Waals surface area contributed by atoms with Crippen LogP contribution in [0.3, 0.4) is 0 Å². The monoisotopic (exact) mass is 727 g/mol. The molecule has 0 radical (unpaired) electrons. The molecule has 2 bridgehead atoms. The van der Waals surface area contributed by atoms with Gasteiger partial charge in [0.25, 0.3) is 5.91 Å². The fraction of sp³-hybridized carbons (Fsp3) is 0.263. The number of hydrogen-bond acceptors (Lipinski definition) is 7. The number of amides is 3. The number of aromatic amines is 1. The van der Waals surface area contributed by atoms with Gasteiger partial charge in [-0.15, -0.1) is 11.8 Å². The average molecular weight is 728 g/mol. The van der Waals surface area contributed by atoms with Gasteiger partial charge in [-0.2, -0.15) is 13.2 Å². The van der Waals surface area contributed by atoms with Crippen molar-refractivity contribution in [3.05, 3.63) is 117 Å². The number of para-hydroxylation sites is 2. The number of thioether (sulfide) groups is 1. The second kappa shape index (κ2) is 11.8. The highest BCUT2D eigenvalue weighted by Gasteiger charge is 2.70. The molecule has 7 atom stereocenters. The number of anilines is 2. The van der Waals surface area contributed by atoms with Crippen molar-refractivity contribution in [1.29, 1.82) is 0 Å². The Bertz CT molecular complexity index is 2320. The Labute approximate surface area is 297 Å². The van der Waals surface area contributed by atoms with E-state index in [4.69, 9.17) is 4.74 Å². The Hall–Kier alpha value is -4.88. The van der Waals surface area contributed by atoms with Crippen LogP contribution in [0.1, 0.15) is 28.3 Å². The summed E-state index contributed by atoms with van der Waals surface area (Å²) in [6, 6.07) is 25.4. The van der Waals surface area contributed by atoms with Gasteiger partial charge in [-0.05, 0) is 53.8 Å². The van der Waals surface area contributed by atoms with E-state index < -0.39 is 47.0 Å². The molecule has 8 nitrogen and oxygen atoms in total. The van der Waals surface area contributed by atoms with Crippen molar-refractivity contribution in [2.24, 2.45) is 29.6 Å². The lowest BCUT2D eigenvalue weighted by molar-refractivity contribution is -0.137. The van der Waals surface area contributed by atoms with Crippen molar-refractivity contribution in [1.82, 2.24) is 4.98 Å². The summed E-state index contributed by atoms with van der Waals surface area (Å²) in [7, 11) is 0. The van der Waals surface area contributed by atoms with E-state index in [2.05, 4.69) is 10.3 Å². The van der Waals surface area contributed by atoms with Crippen LogP contribution in [-0.4, -0.2) is 34.6 Å². The van der Waals surface area contributed by atoms with Crippen LogP contribution in [0.5, 0.6) is 5.75 Å². The number of H-pyrrole nitrogens is 1. The molecule has 1 saturated heterocycles. The van der Waals surface area contributed by atoms with Gasteiger partial charge in [0, 0.05) is 32.7 Å². The Balaban J connectivity index is 1.04. The van der Waals surface area contributed by atoms with E-state index in [1.165, 1.54) is 30.0 Å². The van der Waals surface area contributed by atoms with Gasteiger partial charge in [0.1, 0.15) is 5.75 Å². The lowest BCUT2D eigenvalue weighted by Gasteiger charge is -2.43. The molecule has 51 heavy (non-hydrogen) atoms. The number of ether oxygens (including phenoxy) is 1. The fourth-order valence-electron chi connectivity index (χ4n) is 9.04. The number of imide groups is 1. The Morgan fingerprint density at radius 2 is 1.59 bits per heavy atom. The van der Waals surface area contributed by atoms with Gasteiger partial charge in [-0.3, -0.25) is 19.2 Å². The molecule has 3 fully saturated rings. The Morgan fingerprint density at radius 3 is 2.41 bits per heavy atom. The number of carbonyl (C=O) groups is 3. The summed E-state index contributed by atoms with van der Waals surface area (Å²) in [5.74, 6) is -3.91. The van der Waals surface area contributed by atoms with Gasteiger partial charge in [-0.1, -0.05) is 78.1 Å². The number of aromatic nitrogens is 1. The second-order valence-electron chi connectivity index (χ2n) is 13.4. The first-order chi connectivity index (χ1) is 24.6. The molecule has 2 saturated carbocycles. The van der Waals surface area contributed by atoms with Crippen molar-refractivity contribution in [3.8, 4) is 5.75 Å². The van der Waals surface area contributed by atoms with Gasteiger partial charge < -0.3 is 15.0 Å². The number of rotatable bonds is 6. The molecular weight excluding hydrogens is 700 g/mol. The number of nitrogens with zero attached hydrogens (tertiary/aromatic N) is 1. The summed E-state index contributed by atoms with van der Waals surface area (Å²) in [4.78, 5) is 58.3. The van der Waals surface area contributed by atoms with Crippen molar-refractivity contribution >= 4 is 63.0 Å². The van der Waals surface area contributed by atoms with Crippen LogP contribution < -0.4 is 19.8 Å². The van der Waals surface area contributed by atoms with Crippen molar-refractivity contribution < 1.29 is 32.3 Å². The van der Waals surface area contributed by atoms with E-state index in [1.807, 2.05) is 54.6 Å². The van der Waals surface area contributed by atoms with E-state index in [1.54, 1.807) is 12.1 Å². The summed E-state index contributed by atoms with van der Waals surface area (Å²) in [6.45, 7) is -0.288. The largest absolute Gasteiger partial charge is 0.483 e. The van der Waals surface area contributed by atoms with E-state index in [0.29, 0.717) is 22.9 Å². The third-order valence-electron chi connectivity index (χ3n) is 10.9. The van der Waals surface area contributed by atoms with Crippen LogP contribution in [0.15, 0.2) is 101 Å². The number of alkyl halides is 3. The zero-order valence-corrected chi connectivity index (χ0v) is 28.2. The standard InChI is InChI=1S/C38H28F3N3O5S2/c39-38(40,41)23-12-4-5-14-25(23)44-35(46)30-21-16-22(31(30)36(44)47)32-29(21)28(33-34(50-32)43-37(48)51-33)20-11-3-6-15-26(20)49-17-27(45)42-24-13-7-9-18-8-1-2-10-19(18)24/h1-15,21-22,28-32H,16-17H2,(H,42,45)(H,43,48)/t21-,22-,28-,29?,30?,31?,32?/m1/s1. The fourth-order valence-corrected chi connectivity index (χ4v) is 11.9. The number of halogens is 3. The van der Waals surface area contributed by atoms with Crippen LogP contribution in [0.2, 0.25) is 0 Å². The number of benzene rings is 4. The van der Waals surface area contributed by atoms with Gasteiger partial charge in [-0.25, -0.2) is 4.90 Å². The number of thiazole rings is 1. The second-order valence-corrected chi connectivity index (χ2v) is 15.6. The number of nitrogens with one attached hydrogen (secondary N) is 2. The van der Waals surface area contributed by atoms with Crippen LogP contribution in [0.4, 0.5) is 24.5 Å². The predicted molar refractivity (Wildman–Crippen MR) is 187 cm³/mol. The molecule has 2 aliphatic heterocycles. The van der Waals surface area contributed by atoms with Gasteiger partial charge in [0.2, 0.25) is 11.8 Å². The average Bonchev–Trinajstić information content (AvgIpc) is 3.86. The van der Waals surface area contributed by atoms with Gasteiger partial charge in [0.05, 0.1) is 28.1 Å². The SMILES string of the molecule is O=C(COc1ccccc1[C@H]1c2sc(=O)[nH]c2SC2C1[C@H]1C[C@@H]2C2C(=O)N(c3ccccc3C(F)(F)F)C(=O)C21)Nc1cccc2ccccc12. The molecule has 4 unspecified atom stereocenters. The molecule has 258 valence electrons. The summed E-state index contributed by atoms with van der Waals surface area (Å²) in [6.07, 6.45) is -4.19. The summed E-state index contributed by atoms with van der Waals surface area (Å²) in [5.41, 5.74) is -0.0746. The van der Waals surface area contributed by atoms with Crippen LogP contribution >= 0.6 is 23.1 Å². The van der Waals surface area contributed by atoms with E-state index in [-0.39, 0.29) is 40.4 Å². The molecule has 3 heterocycles. The van der Waals surface area contributed by atoms with Crippen molar-refractivity contribution in [3.63, 3.8) is 0 Å². The van der Waals surface area contributed by atoms with Crippen LogP contribution in [0, 0.1) is 29.6 Å². The van der Waals surface area contributed by atoms with Gasteiger partial charge in [0.15, 0.2) is 6.61 Å². The molecule has 2 aliphatic carbocycles. The normalized spacial score (nSPS) is 26.3. The third kappa shape index (κ3) is 5.03. The molecule has 13 heteroatoms. The number of carbonyl (C=O) groups excluding carboxylic acids is 3.